The Balaban J connectivity index is 1.92. The Labute approximate surface area is 146 Å². The lowest BCUT2D eigenvalue weighted by Gasteiger charge is -2.30. The standard InChI is InChI=1S/C18H30N2O3S/c1-14-7-5-9-20(13-14)10-6-8-19-24(21,22)18-15(2)11-17(23-4)12-16(18)3/h11-12,14,19H,5-10,13H2,1-4H3/t14-/m0/s1. The largest absolute Gasteiger partial charge is 0.497 e. The van der Waals surface area contributed by atoms with Crippen molar-refractivity contribution in [2.45, 2.75) is 44.9 Å². The molecule has 0 bridgehead atoms. The van der Waals surface area contributed by atoms with Gasteiger partial charge in [-0.1, -0.05) is 6.92 Å². The number of nitrogens with zero attached hydrogens (tertiary/aromatic N) is 1. The van der Waals surface area contributed by atoms with Gasteiger partial charge in [0.05, 0.1) is 12.0 Å². The van der Waals surface area contributed by atoms with Gasteiger partial charge < -0.3 is 9.64 Å². The zero-order valence-corrected chi connectivity index (χ0v) is 16.1. The molecule has 1 saturated heterocycles. The van der Waals surface area contributed by atoms with Crippen molar-refractivity contribution >= 4 is 10.0 Å². The Bertz CT molecular complexity index is 635. The first-order chi connectivity index (χ1) is 11.3. The summed E-state index contributed by atoms with van der Waals surface area (Å²) in [7, 11) is -1.90. The number of methoxy groups -OCH3 is 1. The summed E-state index contributed by atoms with van der Waals surface area (Å²) in [6.45, 7) is 9.57. The molecule has 1 fully saturated rings. The number of benzene rings is 1. The van der Waals surface area contributed by atoms with Gasteiger partial charge in [0.15, 0.2) is 0 Å². The van der Waals surface area contributed by atoms with Crippen molar-refractivity contribution in [2.24, 2.45) is 5.92 Å². The highest BCUT2D eigenvalue weighted by Crippen LogP contribution is 2.25. The molecule has 6 heteroatoms. The van der Waals surface area contributed by atoms with Gasteiger partial charge in [0.2, 0.25) is 10.0 Å². The highest BCUT2D eigenvalue weighted by molar-refractivity contribution is 7.89. The van der Waals surface area contributed by atoms with E-state index in [9.17, 15) is 8.42 Å². The lowest BCUT2D eigenvalue weighted by atomic mass is 10.0. The molecule has 1 N–H and O–H groups in total. The van der Waals surface area contributed by atoms with Crippen LogP contribution in [0, 0.1) is 19.8 Å². The number of nitrogens with one attached hydrogen (secondary N) is 1. The Morgan fingerprint density at radius 2 is 1.96 bits per heavy atom. The van der Waals surface area contributed by atoms with Crippen LogP contribution in [0.3, 0.4) is 0 Å². The molecule has 0 unspecified atom stereocenters. The van der Waals surface area contributed by atoms with Crippen molar-refractivity contribution in [3.63, 3.8) is 0 Å². The van der Waals surface area contributed by atoms with E-state index in [1.54, 1.807) is 33.1 Å². The Hall–Kier alpha value is -1.11. The van der Waals surface area contributed by atoms with Crippen LogP contribution in [0.2, 0.25) is 0 Å². The summed E-state index contributed by atoms with van der Waals surface area (Å²) in [4.78, 5) is 2.81. The van der Waals surface area contributed by atoms with E-state index in [1.807, 2.05) is 0 Å². The van der Waals surface area contributed by atoms with Gasteiger partial charge in [0, 0.05) is 13.1 Å². The van der Waals surface area contributed by atoms with Crippen molar-refractivity contribution in [3.8, 4) is 5.75 Å². The van der Waals surface area contributed by atoms with Gasteiger partial charge in [-0.2, -0.15) is 0 Å². The molecule has 1 atom stereocenters. The van der Waals surface area contributed by atoms with Crippen molar-refractivity contribution in [1.82, 2.24) is 9.62 Å². The second-order valence-electron chi connectivity index (χ2n) is 6.89. The van der Waals surface area contributed by atoms with E-state index in [1.165, 1.54) is 12.8 Å². The van der Waals surface area contributed by atoms with Crippen molar-refractivity contribution in [3.05, 3.63) is 23.3 Å². The summed E-state index contributed by atoms with van der Waals surface area (Å²) in [6.07, 6.45) is 3.39. The first-order valence-corrected chi connectivity index (χ1v) is 10.2. The molecule has 24 heavy (non-hydrogen) atoms. The molecule has 2 rings (SSSR count). The molecule has 1 aliphatic heterocycles. The maximum absolute atomic E-state index is 12.6. The number of hydrogen-bond acceptors (Lipinski definition) is 4. The number of aryl methyl sites for hydroxylation is 2. The van der Waals surface area contributed by atoms with Crippen LogP contribution in [0.15, 0.2) is 17.0 Å². The number of ether oxygens (including phenoxy) is 1. The molecule has 1 aliphatic rings. The highest BCUT2D eigenvalue weighted by atomic mass is 32.2. The van der Waals surface area contributed by atoms with E-state index in [0.29, 0.717) is 28.3 Å². The number of sulfonamides is 1. The van der Waals surface area contributed by atoms with Crippen LogP contribution in [0.25, 0.3) is 0 Å². The molecule has 0 spiro atoms. The summed E-state index contributed by atoms with van der Waals surface area (Å²) in [6, 6.07) is 3.52. The summed E-state index contributed by atoms with van der Waals surface area (Å²) in [5.41, 5.74) is 1.42. The van der Waals surface area contributed by atoms with Gasteiger partial charge in [-0.3, -0.25) is 0 Å². The van der Waals surface area contributed by atoms with E-state index in [2.05, 4.69) is 16.5 Å². The molecule has 5 nitrogen and oxygen atoms in total. The second kappa shape index (κ2) is 8.32. The molecule has 1 heterocycles. The molecule has 0 radical (unpaired) electrons. The maximum atomic E-state index is 12.6. The summed E-state index contributed by atoms with van der Waals surface area (Å²) in [5.74, 6) is 1.43. The van der Waals surface area contributed by atoms with Crippen molar-refractivity contribution < 1.29 is 13.2 Å². The SMILES string of the molecule is COc1cc(C)c(S(=O)(=O)NCCCN2CCC[C@H](C)C2)c(C)c1. The molecule has 0 aliphatic carbocycles. The van der Waals surface area contributed by atoms with Crippen LogP contribution < -0.4 is 9.46 Å². The maximum Gasteiger partial charge on any atom is 0.241 e. The van der Waals surface area contributed by atoms with E-state index in [-0.39, 0.29) is 0 Å². The monoisotopic (exact) mass is 354 g/mol. The average molecular weight is 355 g/mol. The fourth-order valence-electron chi connectivity index (χ4n) is 3.52. The first-order valence-electron chi connectivity index (χ1n) is 8.70. The third-order valence-corrected chi connectivity index (χ3v) is 6.39. The van der Waals surface area contributed by atoms with Crippen LogP contribution >= 0.6 is 0 Å². The smallest absolute Gasteiger partial charge is 0.241 e. The third kappa shape index (κ3) is 4.94. The Morgan fingerprint density at radius 1 is 1.29 bits per heavy atom. The summed E-state index contributed by atoms with van der Waals surface area (Å²) in [5, 5.41) is 0. The van der Waals surface area contributed by atoms with E-state index in [0.717, 1.165) is 32.0 Å². The van der Waals surface area contributed by atoms with E-state index in [4.69, 9.17) is 4.74 Å². The molecule has 0 aromatic heterocycles. The molecular weight excluding hydrogens is 324 g/mol. The highest BCUT2D eigenvalue weighted by Gasteiger charge is 2.20. The molecular formula is C18H30N2O3S. The number of hydrogen-bond donors (Lipinski definition) is 1. The van der Waals surface area contributed by atoms with Crippen LogP contribution in [-0.4, -0.2) is 46.6 Å². The lowest BCUT2D eigenvalue weighted by Crippen LogP contribution is -2.36. The lowest BCUT2D eigenvalue weighted by molar-refractivity contribution is 0.182. The Kier molecular flexibility index (Phi) is 6.66. The second-order valence-corrected chi connectivity index (χ2v) is 8.59. The summed E-state index contributed by atoms with van der Waals surface area (Å²) < 4.78 is 33.2. The van der Waals surface area contributed by atoms with Crippen LogP contribution in [0.5, 0.6) is 5.75 Å². The zero-order valence-electron chi connectivity index (χ0n) is 15.3. The quantitative estimate of drug-likeness (QED) is 0.765. The molecule has 0 amide bonds. The van der Waals surface area contributed by atoms with E-state index < -0.39 is 10.0 Å². The van der Waals surface area contributed by atoms with Crippen molar-refractivity contribution in [1.29, 1.82) is 0 Å². The number of rotatable bonds is 7. The minimum absolute atomic E-state index is 0.370. The zero-order chi connectivity index (χ0) is 17.7. The summed E-state index contributed by atoms with van der Waals surface area (Å²) >= 11 is 0. The van der Waals surface area contributed by atoms with Crippen molar-refractivity contribution in [2.75, 3.05) is 33.3 Å². The van der Waals surface area contributed by atoms with E-state index >= 15 is 0 Å². The number of likely N-dealkylation sites (tertiary alicyclic amines) is 1. The molecule has 0 saturated carbocycles. The third-order valence-electron chi connectivity index (χ3n) is 4.62. The molecule has 1 aromatic carbocycles. The minimum Gasteiger partial charge on any atom is -0.497 e. The predicted molar refractivity (Wildman–Crippen MR) is 97.1 cm³/mol. The normalized spacial score (nSPS) is 19.4. The fourth-order valence-corrected chi connectivity index (χ4v) is 5.05. The van der Waals surface area contributed by atoms with Gasteiger partial charge in [-0.25, -0.2) is 13.1 Å². The van der Waals surface area contributed by atoms with Gasteiger partial charge in [-0.05, 0) is 75.4 Å². The van der Waals surface area contributed by atoms with Crippen LogP contribution in [0.4, 0.5) is 0 Å². The minimum atomic E-state index is -3.48. The van der Waals surface area contributed by atoms with Crippen LogP contribution in [-0.2, 0) is 10.0 Å². The molecule has 1 aromatic rings. The first kappa shape index (κ1) is 19.2. The molecule has 136 valence electrons. The van der Waals surface area contributed by atoms with Gasteiger partial charge >= 0.3 is 0 Å². The fraction of sp³-hybridized carbons (Fsp3) is 0.667. The van der Waals surface area contributed by atoms with Crippen LogP contribution in [0.1, 0.15) is 37.3 Å². The topological polar surface area (TPSA) is 58.6 Å². The predicted octanol–water partition coefficient (Wildman–Crippen LogP) is 2.71. The Morgan fingerprint density at radius 3 is 2.54 bits per heavy atom. The van der Waals surface area contributed by atoms with Gasteiger partial charge in [0.1, 0.15) is 5.75 Å². The van der Waals surface area contributed by atoms with Gasteiger partial charge in [-0.15, -0.1) is 0 Å². The number of piperidine rings is 1. The average Bonchev–Trinajstić information content (AvgIpc) is 2.50. The van der Waals surface area contributed by atoms with Gasteiger partial charge in [0.25, 0.3) is 0 Å².